The molecule has 2 aromatic rings. The van der Waals surface area contributed by atoms with E-state index in [0.717, 1.165) is 16.9 Å². The summed E-state index contributed by atoms with van der Waals surface area (Å²) in [4.78, 5) is 8.59. The Balaban J connectivity index is 2.57. The van der Waals surface area contributed by atoms with Gasteiger partial charge in [-0.25, -0.2) is 9.35 Å². The van der Waals surface area contributed by atoms with Crippen LogP contribution in [-0.4, -0.2) is 22.5 Å². The molecule has 14 heavy (non-hydrogen) atoms. The summed E-state index contributed by atoms with van der Waals surface area (Å²) in [7, 11) is 0.0326. The number of nitrogens with zero attached hydrogens (tertiary/aromatic N) is 3. The summed E-state index contributed by atoms with van der Waals surface area (Å²) in [5, 5.41) is 0. The van der Waals surface area contributed by atoms with Crippen LogP contribution in [0, 0.1) is 0 Å². The van der Waals surface area contributed by atoms with Crippen LogP contribution in [0.25, 0.3) is 11.0 Å². The predicted octanol–water partition coefficient (Wildman–Crippen LogP) is 2.32. The molecule has 2 aromatic heterocycles. The van der Waals surface area contributed by atoms with Gasteiger partial charge in [0.15, 0.2) is 5.82 Å². The molecular formula is C10H11N3S. The predicted molar refractivity (Wildman–Crippen MR) is 60.8 cm³/mol. The zero-order valence-corrected chi connectivity index (χ0v) is 8.95. The maximum atomic E-state index is 4.40. The molecule has 0 N–H and O–H groups in total. The van der Waals surface area contributed by atoms with Gasteiger partial charge in [0.05, 0.1) is 11.0 Å². The molecule has 72 valence electrons. The molecule has 2 heterocycles. The average Bonchev–Trinajstić information content (AvgIpc) is 2.17. The number of pyridine rings is 2. The largest absolute Gasteiger partial charge is 0.255 e. The van der Waals surface area contributed by atoms with Crippen molar-refractivity contribution in [2.24, 2.45) is 4.36 Å². The molecule has 2 rings (SSSR count). The SMILES string of the molecule is CS(C)=Nc1ccc2ncccc2n1. The highest BCUT2D eigenvalue weighted by molar-refractivity contribution is 7.85. The van der Waals surface area contributed by atoms with E-state index >= 15 is 0 Å². The average molecular weight is 205 g/mol. The highest BCUT2D eigenvalue weighted by Crippen LogP contribution is 2.14. The number of rotatable bonds is 1. The molecule has 0 atom stereocenters. The lowest BCUT2D eigenvalue weighted by Gasteiger charge is -1.97. The minimum atomic E-state index is 0.0326. The van der Waals surface area contributed by atoms with Gasteiger partial charge in [0, 0.05) is 6.20 Å². The summed E-state index contributed by atoms with van der Waals surface area (Å²) in [5.41, 5.74) is 1.82. The lowest BCUT2D eigenvalue weighted by atomic mass is 10.3. The second kappa shape index (κ2) is 3.84. The Labute approximate surface area is 85.3 Å². The zero-order chi connectivity index (χ0) is 9.97. The first-order chi connectivity index (χ1) is 6.75. The summed E-state index contributed by atoms with van der Waals surface area (Å²) in [5.74, 6) is 0.791. The maximum Gasteiger partial charge on any atom is 0.159 e. The fraction of sp³-hybridized carbons (Fsp3) is 0.200. The maximum absolute atomic E-state index is 4.40. The van der Waals surface area contributed by atoms with Crippen molar-refractivity contribution in [3.8, 4) is 0 Å². The van der Waals surface area contributed by atoms with E-state index in [0.29, 0.717) is 0 Å². The summed E-state index contributed by atoms with van der Waals surface area (Å²) >= 11 is 0. The molecule has 0 unspecified atom stereocenters. The van der Waals surface area contributed by atoms with E-state index in [-0.39, 0.29) is 10.7 Å². The number of fused-ring (bicyclic) bond motifs is 1. The molecule has 0 aliphatic rings. The van der Waals surface area contributed by atoms with Gasteiger partial charge in [-0.1, -0.05) is 10.7 Å². The van der Waals surface area contributed by atoms with Crippen LogP contribution in [0.15, 0.2) is 34.8 Å². The standard InChI is InChI=1S/C10H11N3S/c1-14(2)13-10-6-5-8-9(12-10)4-3-7-11-8/h3-7H,1-2H3. The first-order valence-corrected chi connectivity index (χ1v) is 6.27. The molecule has 0 fully saturated rings. The third kappa shape index (κ3) is 1.96. The van der Waals surface area contributed by atoms with Gasteiger partial charge in [-0.3, -0.25) is 4.98 Å². The van der Waals surface area contributed by atoms with Crippen LogP contribution < -0.4 is 0 Å². The van der Waals surface area contributed by atoms with Gasteiger partial charge in [0.2, 0.25) is 0 Å². The van der Waals surface area contributed by atoms with Crippen LogP contribution >= 0.6 is 0 Å². The summed E-state index contributed by atoms with van der Waals surface area (Å²) in [6.45, 7) is 0. The highest BCUT2D eigenvalue weighted by atomic mass is 32.2. The van der Waals surface area contributed by atoms with Gasteiger partial charge in [0.25, 0.3) is 0 Å². The van der Waals surface area contributed by atoms with Crippen molar-refractivity contribution < 1.29 is 0 Å². The summed E-state index contributed by atoms with van der Waals surface area (Å²) in [6.07, 6.45) is 5.90. The molecular weight excluding hydrogens is 194 g/mol. The molecule has 3 nitrogen and oxygen atoms in total. The topological polar surface area (TPSA) is 38.1 Å². The van der Waals surface area contributed by atoms with Crippen molar-refractivity contribution in [3.63, 3.8) is 0 Å². The Kier molecular flexibility index (Phi) is 2.54. The van der Waals surface area contributed by atoms with Crippen LogP contribution in [0.5, 0.6) is 0 Å². The molecule has 4 heteroatoms. The van der Waals surface area contributed by atoms with Crippen molar-refractivity contribution in [2.45, 2.75) is 0 Å². The molecule has 0 saturated heterocycles. The van der Waals surface area contributed by atoms with Gasteiger partial charge >= 0.3 is 0 Å². The summed E-state index contributed by atoms with van der Waals surface area (Å²) in [6, 6.07) is 7.69. The van der Waals surface area contributed by atoms with E-state index in [9.17, 15) is 0 Å². The first-order valence-electron chi connectivity index (χ1n) is 4.27. The van der Waals surface area contributed by atoms with Crippen molar-refractivity contribution in [3.05, 3.63) is 30.5 Å². The normalized spacial score (nSPS) is 10.8. The van der Waals surface area contributed by atoms with E-state index in [4.69, 9.17) is 0 Å². The van der Waals surface area contributed by atoms with E-state index in [1.165, 1.54) is 0 Å². The molecule has 0 aliphatic carbocycles. The Morgan fingerprint density at radius 1 is 1.14 bits per heavy atom. The molecule has 0 radical (unpaired) electrons. The monoisotopic (exact) mass is 205 g/mol. The zero-order valence-electron chi connectivity index (χ0n) is 8.14. The molecule has 0 bridgehead atoms. The fourth-order valence-corrected chi connectivity index (χ4v) is 1.66. The number of hydrogen-bond donors (Lipinski definition) is 0. The third-order valence-corrected chi connectivity index (χ3v) is 2.27. The number of hydrogen-bond acceptors (Lipinski definition) is 3. The van der Waals surface area contributed by atoms with Gasteiger partial charge in [-0.15, -0.1) is 0 Å². The quantitative estimate of drug-likeness (QED) is 0.716. The lowest BCUT2D eigenvalue weighted by Crippen LogP contribution is -1.83. The van der Waals surface area contributed by atoms with Crippen LogP contribution in [0.3, 0.4) is 0 Å². The second-order valence-electron chi connectivity index (χ2n) is 3.08. The Bertz CT molecular complexity index is 489. The van der Waals surface area contributed by atoms with Crippen molar-refractivity contribution in [1.82, 2.24) is 9.97 Å². The smallest absolute Gasteiger partial charge is 0.159 e. The minimum Gasteiger partial charge on any atom is -0.255 e. The highest BCUT2D eigenvalue weighted by Gasteiger charge is 1.96. The second-order valence-corrected chi connectivity index (χ2v) is 4.81. The summed E-state index contributed by atoms with van der Waals surface area (Å²) < 4.78 is 4.40. The Hall–Kier alpha value is -1.29. The van der Waals surface area contributed by atoms with E-state index < -0.39 is 0 Å². The van der Waals surface area contributed by atoms with E-state index in [2.05, 4.69) is 26.8 Å². The van der Waals surface area contributed by atoms with Gasteiger partial charge in [-0.05, 0) is 36.8 Å². The molecule has 0 aromatic carbocycles. The van der Waals surface area contributed by atoms with Crippen molar-refractivity contribution >= 4 is 27.5 Å². The fourth-order valence-electron chi connectivity index (χ4n) is 1.18. The van der Waals surface area contributed by atoms with Crippen LogP contribution in [0.2, 0.25) is 0 Å². The molecule has 0 spiro atoms. The van der Waals surface area contributed by atoms with Gasteiger partial charge in [-0.2, -0.15) is 0 Å². The molecule has 0 amide bonds. The van der Waals surface area contributed by atoms with Crippen LogP contribution in [-0.2, 0) is 10.7 Å². The van der Waals surface area contributed by atoms with Crippen LogP contribution in [0.1, 0.15) is 0 Å². The Morgan fingerprint density at radius 2 is 2.00 bits per heavy atom. The molecule has 0 aliphatic heterocycles. The number of aromatic nitrogens is 2. The van der Waals surface area contributed by atoms with Gasteiger partial charge in [0.1, 0.15) is 0 Å². The third-order valence-electron chi connectivity index (χ3n) is 1.72. The van der Waals surface area contributed by atoms with E-state index in [1.807, 2.05) is 24.3 Å². The van der Waals surface area contributed by atoms with Crippen molar-refractivity contribution in [1.29, 1.82) is 0 Å². The van der Waals surface area contributed by atoms with Crippen LogP contribution in [0.4, 0.5) is 5.82 Å². The first kappa shape index (κ1) is 9.27. The van der Waals surface area contributed by atoms with Gasteiger partial charge < -0.3 is 0 Å². The Morgan fingerprint density at radius 3 is 2.79 bits per heavy atom. The molecule has 0 saturated carbocycles. The van der Waals surface area contributed by atoms with Crippen molar-refractivity contribution in [2.75, 3.05) is 12.5 Å². The minimum absolute atomic E-state index is 0.0326. The van der Waals surface area contributed by atoms with E-state index in [1.54, 1.807) is 6.20 Å². The lowest BCUT2D eigenvalue weighted by molar-refractivity contribution is 1.31.